The van der Waals surface area contributed by atoms with Gasteiger partial charge in [-0.25, -0.2) is 4.39 Å². The van der Waals surface area contributed by atoms with Crippen LogP contribution in [0.25, 0.3) is 10.9 Å². The summed E-state index contributed by atoms with van der Waals surface area (Å²) in [6.07, 6.45) is 1.92. The molecular weight excluding hydrogens is 255 g/mol. The molecule has 4 heteroatoms. The number of methoxy groups -OCH3 is 1. The number of anilines is 1. The fourth-order valence-corrected chi connectivity index (χ4v) is 2.28. The SMILES string of the molecule is COc1ccc(NCc2cccc3[nH]ccc23)cc1F. The normalized spacial score (nSPS) is 10.7. The van der Waals surface area contributed by atoms with Crippen molar-refractivity contribution in [2.75, 3.05) is 12.4 Å². The number of hydrogen-bond acceptors (Lipinski definition) is 2. The lowest BCUT2D eigenvalue weighted by molar-refractivity contribution is 0.386. The number of rotatable bonds is 4. The topological polar surface area (TPSA) is 37.0 Å². The maximum Gasteiger partial charge on any atom is 0.167 e. The molecule has 0 saturated heterocycles. The summed E-state index contributed by atoms with van der Waals surface area (Å²) in [7, 11) is 1.46. The summed E-state index contributed by atoms with van der Waals surface area (Å²) in [6, 6.07) is 13.0. The molecule has 1 aromatic heterocycles. The van der Waals surface area contributed by atoms with Gasteiger partial charge >= 0.3 is 0 Å². The minimum atomic E-state index is -0.364. The molecule has 102 valence electrons. The molecular formula is C16H15FN2O. The monoisotopic (exact) mass is 270 g/mol. The first kappa shape index (κ1) is 12.5. The van der Waals surface area contributed by atoms with E-state index in [2.05, 4.69) is 16.4 Å². The highest BCUT2D eigenvalue weighted by atomic mass is 19.1. The number of hydrogen-bond donors (Lipinski definition) is 2. The average molecular weight is 270 g/mol. The van der Waals surface area contributed by atoms with Crippen molar-refractivity contribution in [2.24, 2.45) is 0 Å². The fraction of sp³-hybridized carbons (Fsp3) is 0.125. The number of aromatic nitrogens is 1. The van der Waals surface area contributed by atoms with Gasteiger partial charge in [0.2, 0.25) is 0 Å². The van der Waals surface area contributed by atoms with E-state index in [0.717, 1.165) is 11.2 Å². The van der Waals surface area contributed by atoms with Crippen LogP contribution in [0.2, 0.25) is 0 Å². The van der Waals surface area contributed by atoms with Crippen molar-refractivity contribution >= 4 is 16.6 Å². The van der Waals surface area contributed by atoms with Crippen molar-refractivity contribution in [1.82, 2.24) is 4.98 Å². The van der Waals surface area contributed by atoms with E-state index in [1.54, 1.807) is 12.1 Å². The van der Waals surface area contributed by atoms with Crippen LogP contribution in [0.4, 0.5) is 10.1 Å². The van der Waals surface area contributed by atoms with Gasteiger partial charge in [-0.05, 0) is 29.8 Å². The smallest absolute Gasteiger partial charge is 0.167 e. The van der Waals surface area contributed by atoms with E-state index in [4.69, 9.17) is 4.74 Å². The minimum absolute atomic E-state index is 0.253. The van der Waals surface area contributed by atoms with Gasteiger partial charge in [0.25, 0.3) is 0 Å². The molecule has 0 saturated carbocycles. The summed E-state index contributed by atoms with van der Waals surface area (Å²) in [5, 5.41) is 4.40. The third-order valence-electron chi connectivity index (χ3n) is 3.32. The lowest BCUT2D eigenvalue weighted by atomic mass is 10.1. The van der Waals surface area contributed by atoms with Crippen molar-refractivity contribution in [2.45, 2.75) is 6.54 Å². The molecule has 0 aliphatic carbocycles. The zero-order chi connectivity index (χ0) is 13.9. The number of nitrogens with one attached hydrogen (secondary N) is 2. The Balaban J connectivity index is 1.79. The molecule has 0 aliphatic rings. The zero-order valence-corrected chi connectivity index (χ0v) is 11.1. The van der Waals surface area contributed by atoms with Crippen LogP contribution in [-0.4, -0.2) is 12.1 Å². The van der Waals surface area contributed by atoms with Crippen molar-refractivity contribution in [3.8, 4) is 5.75 Å². The van der Waals surface area contributed by atoms with E-state index in [0.29, 0.717) is 6.54 Å². The zero-order valence-electron chi connectivity index (χ0n) is 11.1. The average Bonchev–Trinajstić information content (AvgIpc) is 2.94. The summed E-state index contributed by atoms with van der Waals surface area (Å²) in [4.78, 5) is 3.18. The van der Waals surface area contributed by atoms with E-state index in [-0.39, 0.29) is 11.6 Å². The van der Waals surface area contributed by atoms with Crippen molar-refractivity contribution in [3.63, 3.8) is 0 Å². The molecule has 2 N–H and O–H groups in total. The Hall–Kier alpha value is -2.49. The third-order valence-corrected chi connectivity index (χ3v) is 3.32. The number of ether oxygens (including phenoxy) is 1. The van der Waals surface area contributed by atoms with Gasteiger partial charge in [0.1, 0.15) is 0 Å². The Bertz CT molecular complexity index is 736. The van der Waals surface area contributed by atoms with Crippen LogP contribution in [0.1, 0.15) is 5.56 Å². The molecule has 2 aromatic carbocycles. The highest BCUT2D eigenvalue weighted by molar-refractivity contribution is 5.83. The van der Waals surface area contributed by atoms with Gasteiger partial charge < -0.3 is 15.0 Å². The molecule has 0 bridgehead atoms. The van der Waals surface area contributed by atoms with Gasteiger partial charge in [-0.3, -0.25) is 0 Å². The molecule has 0 fully saturated rings. The molecule has 0 spiro atoms. The highest BCUT2D eigenvalue weighted by Crippen LogP contribution is 2.22. The number of halogens is 1. The van der Waals surface area contributed by atoms with Gasteiger partial charge in [0.15, 0.2) is 11.6 Å². The van der Waals surface area contributed by atoms with Gasteiger partial charge in [0, 0.05) is 35.4 Å². The van der Waals surface area contributed by atoms with Gasteiger partial charge in [-0.15, -0.1) is 0 Å². The number of benzene rings is 2. The van der Waals surface area contributed by atoms with Crippen LogP contribution in [0, 0.1) is 5.82 Å². The summed E-state index contributed by atoms with van der Waals surface area (Å²) in [5.41, 5.74) is 3.00. The second kappa shape index (κ2) is 5.25. The second-order valence-corrected chi connectivity index (χ2v) is 4.56. The first-order valence-electron chi connectivity index (χ1n) is 6.40. The molecule has 3 nitrogen and oxygen atoms in total. The lowest BCUT2D eigenvalue weighted by Gasteiger charge is -2.09. The van der Waals surface area contributed by atoms with Crippen molar-refractivity contribution in [3.05, 3.63) is 60.0 Å². The van der Waals surface area contributed by atoms with Gasteiger partial charge in [-0.2, -0.15) is 0 Å². The molecule has 0 atom stereocenters. The summed E-state index contributed by atoms with van der Waals surface area (Å²) in [6.45, 7) is 0.640. The summed E-state index contributed by atoms with van der Waals surface area (Å²) >= 11 is 0. The van der Waals surface area contributed by atoms with E-state index in [1.165, 1.54) is 24.1 Å². The Morgan fingerprint density at radius 3 is 2.90 bits per heavy atom. The van der Waals surface area contributed by atoms with Crippen LogP contribution >= 0.6 is 0 Å². The van der Waals surface area contributed by atoms with E-state index < -0.39 is 0 Å². The maximum atomic E-state index is 13.6. The van der Waals surface area contributed by atoms with E-state index >= 15 is 0 Å². The predicted molar refractivity (Wildman–Crippen MR) is 78.6 cm³/mol. The van der Waals surface area contributed by atoms with Crippen LogP contribution in [0.15, 0.2) is 48.7 Å². The van der Waals surface area contributed by atoms with E-state index in [1.807, 2.05) is 24.4 Å². The maximum absolute atomic E-state index is 13.6. The van der Waals surface area contributed by atoms with Crippen LogP contribution < -0.4 is 10.1 Å². The van der Waals surface area contributed by atoms with Crippen LogP contribution in [-0.2, 0) is 6.54 Å². The minimum Gasteiger partial charge on any atom is -0.494 e. The molecule has 20 heavy (non-hydrogen) atoms. The molecule has 0 unspecified atom stereocenters. The molecule has 0 aliphatic heterocycles. The Morgan fingerprint density at radius 2 is 2.10 bits per heavy atom. The lowest BCUT2D eigenvalue weighted by Crippen LogP contribution is -2.00. The molecule has 0 amide bonds. The second-order valence-electron chi connectivity index (χ2n) is 4.56. The van der Waals surface area contributed by atoms with Crippen molar-refractivity contribution in [1.29, 1.82) is 0 Å². The molecule has 3 rings (SSSR count). The fourth-order valence-electron chi connectivity index (χ4n) is 2.28. The van der Waals surface area contributed by atoms with E-state index in [9.17, 15) is 4.39 Å². The van der Waals surface area contributed by atoms with Gasteiger partial charge in [-0.1, -0.05) is 12.1 Å². The van der Waals surface area contributed by atoms with Crippen molar-refractivity contribution < 1.29 is 9.13 Å². The summed E-state index contributed by atoms with van der Waals surface area (Å²) in [5.74, 6) is -0.111. The standard InChI is InChI=1S/C16H15FN2O/c1-20-16-6-5-12(9-14(16)17)19-10-11-3-2-4-15-13(11)7-8-18-15/h2-9,18-19H,10H2,1H3. The molecule has 1 heterocycles. The third kappa shape index (κ3) is 2.32. The molecule has 0 radical (unpaired) electrons. The predicted octanol–water partition coefficient (Wildman–Crippen LogP) is 3.93. The number of fused-ring (bicyclic) bond motifs is 1. The van der Waals surface area contributed by atoms with Gasteiger partial charge in [0.05, 0.1) is 7.11 Å². The Labute approximate surface area is 116 Å². The Kier molecular flexibility index (Phi) is 3.29. The Morgan fingerprint density at radius 1 is 1.20 bits per heavy atom. The van der Waals surface area contributed by atoms with Crippen LogP contribution in [0.3, 0.4) is 0 Å². The number of H-pyrrole nitrogens is 1. The number of aromatic amines is 1. The summed E-state index contributed by atoms with van der Waals surface area (Å²) < 4.78 is 18.5. The first-order chi connectivity index (χ1) is 9.78. The highest BCUT2D eigenvalue weighted by Gasteiger charge is 2.05. The molecule has 3 aromatic rings. The van der Waals surface area contributed by atoms with Crippen LogP contribution in [0.5, 0.6) is 5.75 Å². The largest absolute Gasteiger partial charge is 0.494 e. The first-order valence-corrected chi connectivity index (χ1v) is 6.40. The quantitative estimate of drug-likeness (QED) is 0.753.